The van der Waals surface area contributed by atoms with Gasteiger partial charge in [-0.25, -0.2) is 0 Å². The molecule has 0 bridgehead atoms. The monoisotopic (exact) mass is 290 g/mol. The number of aliphatic hydroxyl groups is 2. The van der Waals surface area contributed by atoms with Crippen molar-refractivity contribution in [3.8, 4) is 0 Å². The SMILES string of the molecule is CCc1c2ccccc2cc2c3c(ccc12)C(O)C(O)C=C3. The number of hydrogen-bond acceptors (Lipinski definition) is 2. The molecule has 1 aliphatic rings. The zero-order valence-electron chi connectivity index (χ0n) is 12.5. The Morgan fingerprint density at radius 3 is 2.59 bits per heavy atom. The van der Waals surface area contributed by atoms with Crippen LogP contribution in [0.5, 0.6) is 0 Å². The van der Waals surface area contributed by atoms with Crippen molar-refractivity contribution in [1.82, 2.24) is 0 Å². The fourth-order valence-electron chi connectivity index (χ4n) is 3.58. The summed E-state index contributed by atoms with van der Waals surface area (Å²) in [5.74, 6) is 0. The van der Waals surface area contributed by atoms with Crippen LogP contribution in [0.2, 0.25) is 0 Å². The number of aliphatic hydroxyl groups excluding tert-OH is 2. The van der Waals surface area contributed by atoms with Gasteiger partial charge in [-0.15, -0.1) is 0 Å². The lowest BCUT2D eigenvalue weighted by molar-refractivity contribution is 0.0471. The standard InChI is InChI=1S/C20H18O2/c1-2-13-14-6-4-3-5-12(14)11-18-15(13)7-8-17-16(18)9-10-19(21)20(17)22/h3-11,19-22H,2H2,1H3. The Bertz CT molecular complexity index is 908. The van der Waals surface area contributed by atoms with Crippen LogP contribution in [0.4, 0.5) is 0 Å². The van der Waals surface area contributed by atoms with Crippen molar-refractivity contribution in [3.63, 3.8) is 0 Å². The Balaban J connectivity index is 2.15. The molecule has 22 heavy (non-hydrogen) atoms. The molecule has 2 nitrogen and oxygen atoms in total. The van der Waals surface area contributed by atoms with Crippen LogP contribution in [0.25, 0.3) is 27.6 Å². The van der Waals surface area contributed by atoms with Crippen LogP contribution >= 0.6 is 0 Å². The molecule has 0 aliphatic heterocycles. The summed E-state index contributed by atoms with van der Waals surface area (Å²) in [5.41, 5.74) is 3.17. The third kappa shape index (κ3) is 1.81. The molecule has 0 fully saturated rings. The van der Waals surface area contributed by atoms with Gasteiger partial charge in [0.2, 0.25) is 0 Å². The molecule has 3 aromatic carbocycles. The van der Waals surface area contributed by atoms with E-state index in [9.17, 15) is 10.2 Å². The number of aryl methyl sites for hydroxylation is 1. The van der Waals surface area contributed by atoms with E-state index in [-0.39, 0.29) is 0 Å². The molecule has 0 radical (unpaired) electrons. The maximum Gasteiger partial charge on any atom is 0.109 e. The first kappa shape index (κ1) is 13.5. The molecule has 0 heterocycles. The van der Waals surface area contributed by atoms with Gasteiger partial charge < -0.3 is 10.2 Å². The highest BCUT2D eigenvalue weighted by atomic mass is 16.3. The fraction of sp³-hybridized carbons (Fsp3) is 0.200. The molecule has 4 rings (SSSR count). The number of benzene rings is 3. The summed E-state index contributed by atoms with van der Waals surface area (Å²) in [7, 11) is 0. The van der Waals surface area contributed by atoms with Crippen LogP contribution in [0.3, 0.4) is 0 Å². The van der Waals surface area contributed by atoms with Crippen molar-refractivity contribution in [3.05, 3.63) is 65.2 Å². The van der Waals surface area contributed by atoms with Crippen LogP contribution in [-0.2, 0) is 6.42 Å². The largest absolute Gasteiger partial charge is 0.386 e. The molecule has 110 valence electrons. The fourth-order valence-corrected chi connectivity index (χ4v) is 3.58. The molecule has 3 aromatic rings. The summed E-state index contributed by atoms with van der Waals surface area (Å²) in [6, 6.07) is 14.6. The molecular formula is C20H18O2. The average Bonchev–Trinajstić information content (AvgIpc) is 2.55. The topological polar surface area (TPSA) is 40.5 Å². The molecular weight excluding hydrogens is 272 g/mol. The second-order valence-corrected chi connectivity index (χ2v) is 5.89. The van der Waals surface area contributed by atoms with Gasteiger partial charge >= 0.3 is 0 Å². The average molecular weight is 290 g/mol. The summed E-state index contributed by atoms with van der Waals surface area (Å²) in [4.78, 5) is 0. The van der Waals surface area contributed by atoms with Gasteiger partial charge in [0.15, 0.2) is 0 Å². The molecule has 0 aromatic heterocycles. The number of fused-ring (bicyclic) bond motifs is 4. The molecule has 0 saturated heterocycles. The normalized spacial score (nSPS) is 20.5. The van der Waals surface area contributed by atoms with E-state index in [0.717, 1.165) is 22.9 Å². The molecule has 2 unspecified atom stereocenters. The maximum absolute atomic E-state index is 10.2. The smallest absolute Gasteiger partial charge is 0.109 e. The Morgan fingerprint density at radius 2 is 1.77 bits per heavy atom. The van der Waals surface area contributed by atoms with E-state index in [1.807, 2.05) is 12.1 Å². The predicted molar refractivity (Wildman–Crippen MR) is 90.8 cm³/mol. The highest BCUT2D eigenvalue weighted by Crippen LogP contribution is 2.37. The van der Waals surface area contributed by atoms with Gasteiger partial charge in [-0.05, 0) is 50.7 Å². The van der Waals surface area contributed by atoms with Crippen molar-refractivity contribution in [2.75, 3.05) is 0 Å². The molecule has 2 N–H and O–H groups in total. The molecule has 0 amide bonds. The third-order valence-electron chi connectivity index (χ3n) is 4.69. The first-order valence-corrected chi connectivity index (χ1v) is 7.72. The second kappa shape index (κ2) is 4.94. The molecule has 0 saturated carbocycles. The molecule has 2 heteroatoms. The third-order valence-corrected chi connectivity index (χ3v) is 4.69. The summed E-state index contributed by atoms with van der Waals surface area (Å²) in [6.45, 7) is 2.18. The number of rotatable bonds is 1. The highest BCUT2D eigenvalue weighted by molar-refractivity contribution is 6.06. The van der Waals surface area contributed by atoms with Gasteiger partial charge in [0.05, 0.1) is 0 Å². The lowest BCUT2D eigenvalue weighted by Crippen LogP contribution is -2.19. The molecule has 2 atom stereocenters. The molecule has 1 aliphatic carbocycles. The molecule has 0 spiro atoms. The second-order valence-electron chi connectivity index (χ2n) is 5.89. The van der Waals surface area contributed by atoms with Gasteiger partial charge in [-0.2, -0.15) is 0 Å². The Labute approximate surface area is 129 Å². The van der Waals surface area contributed by atoms with E-state index in [1.165, 1.54) is 21.7 Å². The van der Waals surface area contributed by atoms with Crippen molar-refractivity contribution in [2.45, 2.75) is 25.6 Å². The summed E-state index contributed by atoms with van der Waals surface area (Å²) in [6.07, 6.45) is 2.90. The van der Waals surface area contributed by atoms with Gasteiger partial charge in [0, 0.05) is 0 Å². The van der Waals surface area contributed by atoms with E-state index in [2.05, 4.69) is 43.3 Å². The minimum absolute atomic E-state index is 0.805. The van der Waals surface area contributed by atoms with Crippen molar-refractivity contribution < 1.29 is 10.2 Å². The van der Waals surface area contributed by atoms with Crippen LogP contribution in [-0.4, -0.2) is 16.3 Å². The minimum Gasteiger partial charge on any atom is -0.386 e. The summed E-state index contributed by atoms with van der Waals surface area (Å²) >= 11 is 0. The highest BCUT2D eigenvalue weighted by Gasteiger charge is 2.24. The van der Waals surface area contributed by atoms with Crippen molar-refractivity contribution in [1.29, 1.82) is 0 Å². The lowest BCUT2D eigenvalue weighted by atomic mass is 9.86. The van der Waals surface area contributed by atoms with Crippen LogP contribution in [0, 0.1) is 0 Å². The Hall–Kier alpha value is -2.16. The first-order chi connectivity index (χ1) is 10.7. The van der Waals surface area contributed by atoms with Crippen LogP contribution in [0.15, 0.2) is 48.5 Å². The van der Waals surface area contributed by atoms with Crippen molar-refractivity contribution in [2.24, 2.45) is 0 Å². The number of hydrogen-bond donors (Lipinski definition) is 2. The summed E-state index contributed by atoms with van der Waals surface area (Å²) < 4.78 is 0. The lowest BCUT2D eigenvalue weighted by Gasteiger charge is -2.24. The summed E-state index contributed by atoms with van der Waals surface area (Å²) in [5, 5.41) is 24.9. The van der Waals surface area contributed by atoms with Crippen LogP contribution in [0.1, 0.15) is 29.7 Å². The van der Waals surface area contributed by atoms with E-state index in [4.69, 9.17) is 0 Å². The minimum atomic E-state index is -0.846. The maximum atomic E-state index is 10.2. The van der Waals surface area contributed by atoms with E-state index in [1.54, 1.807) is 6.08 Å². The van der Waals surface area contributed by atoms with E-state index >= 15 is 0 Å². The zero-order chi connectivity index (χ0) is 15.3. The Kier molecular flexibility index (Phi) is 3.03. The van der Waals surface area contributed by atoms with Crippen LogP contribution < -0.4 is 0 Å². The predicted octanol–water partition coefficient (Wildman–Crippen LogP) is 3.98. The van der Waals surface area contributed by atoms with Gasteiger partial charge in [-0.3, -0.25) is 0 Å². The van der Waals surface area contributed by atoms with E-state index in [0.29, 0.717) is 0 Å². The van der Waals surface area contributed by atoms with Gasteiger partial charge in [0.25, 0.3) is 0 Å². The first-order valence-electron chi connectivity index (χ1n) is 7.72. The van der Waals surface area contributed by atoms with E-state index < -0.39 is 12.2 Å². The quantitative estimate of drug-likeness (QED) is 0.666. The Morgan fingerprint density at radius 1 is 0.955 bits per heavy atom. The van der Waals surface area contributed by atoms with Gasteiger partial charge in [-0.1, -0.05) is 55.5 Å². The zero-order valence-corrected chi connectivity index (χ0v) is 12.5. The van der Waals surface area contributed by atoms with Gasteiger partial charge in [0.1, 0.15) is 12.2 Å². The van der Waals surface area contributed by atoms with Crippen molar-refractivity contribution >= 4 is 27.6 Å².